The second kappa shape index (κ2) is 8.74. The number of anilines is 1. The van der Waals surface area contributed by atoms with E-state index in [-0.39, 0.29) is 4.90 Å². The van der Waals surface area contributed by atoms with Crippen molar-refractivity contribution < 1.29 is 22.6 Å². The number of ether oxygens (including phenoxy) is 3. The lowest BCUT2D eigenvalue weighted by Gasteiger charge is -2.38. The Kier molecular flexibility index (Phi) is 6.01. The van der Waals surface area contributed by atoms with E-state index >= 15 is 0 Å². The molecule has 1 unspecified atom stereocenters. The number of benzene rings is 2. The summed E-state index contributed by atoms with van der Waals surface area (Å²) in [5, 5.41) is 0. The fourth-order valence-corrected chi connectivity index (χ4v) is 4.85. The van der Waals surface area contributed by atoms with Crippen molar-refractivity contribution in [3.63, 3.8) is 0 Å². The van der Waals surface area contributed by atoms with Crippen molar-refractivity contribution in [3.05, 3.63) is 90.3 Å². The summed E-state index contributed by atoms with van der Waals surface area (Å²) < 4.78 is 45.5. The average Bonchev–Trinajstić information content (AvgIpc) is 2.80. The molecule has 1 aromatic heterocycles. The predicted octanol–water partition coefficient (Wildman–Crippen LogP) is 4.08. The van der Waals surface area contributed by atoms with Gasteiger partial charge in [-0.25, -0.2) is 8.42 Å². The summed E-state index contributed by atoms with van der Waals surface area (Å²) in [4.78, 5) is 4.42. The van der Waals surface area contributed by atoms with E-state index in [1.165, 1.54) is 0 Å². The Morgan fingerprint density at radius 3 is 2.44 bits per heavy atom. The lowest BCUT2D eigenvalue weighted by Crippen LogP contribution is -2.47. The highest BCUT2D eigenvalue weighted by Gasteiger charge is 2.40. The van der Waals surface area contributed by atoms with Gasteiger partial charge >= 0.3 is 0 Å². The normalized spacial score (nSPS) is 17.9. The molecule has 32 heavy (non-hydrogen) atoms. The topological polar surface area (TPSA) is 86.8 Å². The maximum atomic E-state index is 12.8. The first-order chi connectivity index (χ1) is 15.4. The first kappa shape index (κ1) is 22.0. The molecule has 7 nitrogen and oxygen atoms in total. The highest BCUT2D eigenvalue weighted by molar-refractivity contribution is 7.92. The lowest BCUT2D eigenvalue weighted by atomic mass is 9.89. The zero-order valence-corrected chi connectivity index (χ0v) is 18.8. The van der Waals surface area contributed by atoms with E-state index in [2.05, 4.69) is 9.71 Å². The van der Waals surface area contributed by atoms with Gasteiger partial charge in [-0.05, 0) is 55.0 Å². The number of fused-ring (bicyclic) bond motifs is 1. The van der Waals surface area contributed by atoms with Gasteiger partial charge in [0, 0.05) is 43.4 Å². The molecule has 0 amide bonds. The van der Waals surface area contributed by atoms with Crippen molar-refractivity contribution in [2.24, 2.45) is 0 Å². The van der Waals surface area contributed by atoms with Crippen LogP contribution in [0.15, 0.2) is 84.0 Å². The van der Waals surface area contributed by atoms with Crippen molar-refractivity contribution in [1.82, 2.24) is 4.98 Å². The van der Waals surface area contributed by atoms with Gasteiger partial charge < -0.3 is 14.2 Å². The number of aromatic nitrogens is 1. The molecule has 0 spiro atoms. The maximum Gasteiger partial charge on any atom is 0.261 e. The Balaban J connectivity index is 1.78. The summed E-state index contributed by atoms with van der Waals surface area (Å²) in [6, 6.07) is 17.2. The zero-order valence-electron chi connectivity index (χ0n) is 18.0. The number of nitrogens with one attached hydrogen (secondary N) is 1. The molecular formula is C24H24N2O5S. The van der Waals surface area contributed by atoms with E-state index in [0.29, 0.717) is 11.4 Å². The predicted molar refractivity (Wildman–Crippen MR) is 122 cm³/mol. The summed E-state index contributed by atoms with van der Waals surface area (Å²) >= 11 is 0. The molecule has 166 valence electrons. The summed E-state index contributed by atoms with van der Waals surface area (Å²) in [5.74, 6) is 0.579. The van der Waals surface area contributed by atoms with Crippen LogP contribution in [0.25, 0.3) is 5.57 Å². The number of hydrogen-bond acceptors (Lipinski definition) is 6. The molecule has 2 heterocycles. The number of rotatable bonds is 7. The Bertz CT molecular complexity index is 1230. The minimum atomic E-state index is -3.73. The molecule has 0 fully saturated rings. The third kappa shape index (κ3) is 4.25. The molecule has 2 aromatic carbocycles. The Hall–Kier alpha value is -3.20. The fraction of sp³-hybridized carbons (Fsp3) is 0.208. The van der Waals surface area contributed by atoms with Gasteiger partial charge in [-0.1, -0.05) is 24.3 Å². The largest absolute Gasteiger partial charge is 0.477 e. The van der Waals surface area contributed by atoms with E-state index < -0.39 is 21.9 Å². The number of methoxy groups -OCH3 is 2. The van der Waals surface area contributed by atoms with Gasteiger partial charge in [0.1, 0.15) is 5.75 Å². The average molecular weight is 453 g/mol. The SMILES string of the molecule is COC(OC)C1(C)C=C(c2cccnc2)c2cc(NS(=O)(=O)c3ccccc3)ccc2O1. The van der Waals surface area contributed by atoms with Crippen LogP contribution in [-0.2, 0) is 19.5 Å². The van der Waals surface area contributed by atoms with Crippen LogP contribution in [0.3, 0.4) is 0 Å². The molecule has 0 radical (unpaired) electrons. The first-order valence-corrected chi connectivity index (χ1v) is 11.4. The molecular weight excluding hydrogens is 428 g/mol. The van der Waals surface area contributed by atoms with Crippen LogP contribution < -0.4 is 9.46 Å². The summed E-state index contributed by atoms with van der Waals surface area (Å²) in [5.41, 5.74) is 1.94. The van der Waals surface area contributed by atoms with Gasteiger partial charge in [0.15, 0.2) is 5.60 Å². The van der Waals surface area contributed by atoms with Gasteiger partial charge in [0.25, 0.3) is 10.0 Å². The standard InChI is InChI=1S/C24H24N2O5S/c1-24(23(29-2)30-3)15-21(17-8-7-13-25-16-17)20-14-18(11-12-22(20)31-24)26-32(27,28)19-9-5-4-6-10-19/h4-16,23,26H,1-3H3. The monoisotopic (exact) mass is 452 g/mol. The van der Waals surface area contributed by atoms with Crippen LogP contribution >= 0.6 is 0 Å². The quantitative estimate of drug-likeness (QED) is 0.544. The number of nitrogens with zero attached hydrogens (tertiary/aromatic N) is 1. The van der Waals surface area contributed by atoms with Gasteiger partial charge in [-0.15, -0.1) is 0 Å². The van der Waals surface area contributed by atoms with Crippen LogP contribution in [0.4, 0.5) is 5.69 Å². The highest BCUT2D eigenvalue weighted by atomic mass is 32.2. The molecule has 1 aliphatic rings. The molecule has 1 atom stereocenters. The van der Waals surface area contributed by atoms with Gasteiger partial charge in [-0.3, -0.25) is 9.71 Å². The van der Waals surface area contributed by atoms with E-state index in [0.717, 1.165) is 16.7 Å². The third-order valence-electron chi connectivity index (χ3n) is 5.20. The summed E-state index contributed by atoms with van der Waals surface area (Å²) in [6.07, 6.45) is 4.70. The van der Waals surface area contributed by atoms with Gasteiger partial charge in [-0.2, -0.15) is 0 Å². The summed E-state index contributed by atoms with van der Waals surface area (Å²) in [7, 11) is -0.623. The highest BCUT2D eigenvalue weighted by Crippen LogP contribution is 2.42. The molecule has 8 heteroatoms. The Morgan fingerprint density at radius 2 is 1.78 bits per heavy atom. The molecule has 0 aliphatic carbocycles. The van der Waals surface area contributed by atoms with Crippen molar-refractivity contribution in [3.8, 4) is 5.75 Å². The second-order valence-corrected chi connectivity index (χ2v) is 9.20. The fourth-order valence-electron chi connectivity index (χ4n) is 3.78. The van der Waals surface area contributed by atoms with E-state index in [1.54, 1.807) is 75.1 Å². The van der Waals surface area contributed by atoms with Gasteiger partial charge in [0.2, 0.25) is 6.29 Å². The molecule has 3 aromatic rings. The molecule has 4 rings (SSSR count). The summed E-state index contributed by atoms with van der Waals surface area (Å²) in [6.45, 7) is 1.87. The number of sulfonamides is 1. The molecule has 1 aliphatic heterocycles. The third-order valence-corrected chi connectivity index (χ3v) is 6.60. The van der Waals surface area contributed by atoms with Gasteiger partial charge in [0.05, 0.1) is 4.90 Å². The number of hydrogen-bond donors (Lipinski definition) is 1. The molecule has 1 N–H and O–H groups in total. The second-order valence-electron chi connectivity index (χ2n) is 7.52. The minimum Gasteiger partial charge on any atom is -0.477 e. The van der Waals surface area contributed by atoms with E-state index in [1.807, 2.05) is 25.1 Å². The first-order valence-electron chi connectivity index (χ1n) is 9.96. The van der Waals surface area contributed by atoms with Crippen LogP contribution in [0.1, 0.15) is 18.1 Å². The lowest BCUT2D eigenvalue weighted by molar-refractivity contribution is -0.180. The molecule has 0 bridgehead atoms. The molecule has 0 saturated heterocycles. The zero-order chi connectivity index (χ0) is 22.8. The minimum absolute atomic E-state index is 0.188. The number of pyridine rings is 1. The Morgan fingerprint density at radius 1 is 1.03 bits per heavy atom. The van der Waals surface area contributed by atoms with E-state index in [4.69, 9.17) is 14.2 Å². The molecule has 0 saturated carbocycles. The maximum absolute atomic E-state index is 12.8. The van der Waals surface area contributed by atoms with Crippen molar-refractivity contribution in [2.75, 3.05) is 18.9 Å². The van der Waals surface area contributed by atoms with Crippen LogP contribution in [-0.4, -0.2) is 39.5 Å². The van der Waals surface area contributed by atoms with Crippen molar-refractivity contribution in [2.45, 2.75) is 23.7 Å². The van der Waals surface area contributed by atoms with Crippen molar-refractivity contribution >= 4 is 21.3 Å². The van der Waals surface area contributed by atoms with Crippen LogP contribution in [0.2, 0.25) is 0 Å². The van der Waals surface area contributed by atoms with Crippen LogP contribution in [0, 0.1) is 0 Å². The van der Waals surface area contributed by atoms with Crippen molar-refractivity contribution in [1.29, 1.82) is 0 Å². The van der Waals surface area contributed by atoms with Crippen LogP contribution in [0.5, 0.6) is 5.75 Å². The smallest absolute Gasteiger partial charge is 0.261 e. The van der Waals surface area contributed by atoms with E-state index in [9.17, 15) is 8.42 Å². The Labute approximate surface area is 187 Å².